The number of benzene rings is 1. The summed E-state index contributed by atoms with van der Waals surface area (Å²) in [4.78, 5) is 10.6. The first-order valence-electron chi connectivity index (χ1n) is 6.86. The normalized spacial score (nSPS) is 13.9. The largest absolute Gasteiger partial charge is 0.324 e. The molecule has 0 saturated carbocycles. The number of aromatic nitrogens is 2. The van der Waals surface area contributed by atoms with E-state index in [4.69, 9.17) is 0 Å². The molecule has 1 aliphatic heterocycles. The molecule has 0 spiro atoms. The van der Waals surface area contributed by atoms with Gasteiger partial charge < -0.3 is 10.2 Å². The number of fused-ring (bicyclic) bond motifs is 1. The molecule has 1 aromatic heterocycles. The van der Waals surface area contributed by atoms with Crippen molar-refractivity contribution in [2.75, 3.05) is 18.0 Å². The molecule has 0 fully saturated rings. The molecule has 5 heteroatoms. The van der Waals surface area contributed by atoms with Crippen molar-refractivity contribution in [3.05, 3.63) is 47.7 Å². The van der Waals surface area contributed by atoms with Crippen molar-refractivity contribution in [2.45, 2.75) is 19.9 Å². The predicted molar refractivity (Wildman–Crippen MR) is 76.5 cm³/mol. The van der Waals surface area contributed by atoms with E-state index in [1.54, 1.807) is 18.5 Å². The third kappa shape index (κ3) is 2.25. The number of nitrogens with one attached hydrogen (secondary N) is 1. The summed E-state index contributed by atoms with van der Waals surface area (Å²) in [6.45, 7) is 4.31. The Morgan fingerprint density at radius 1 is 1.30 bits per heavy atom. The zero-order valence-electron chi connectivity index (χ0n) is 11.4. The molecular weight excluding hydrogens is 255 g/mol. The molecule has 0 radical (unpaired) electrons. The van der Waals surface area contributed by atoms with Gasteiger partial charge in [-0.1, -0.05) is 12.1 Å². The highest BCUT2D eigenvalue weighted by atomic mass is 19.1. The predicted octanol–water partition coefficient (Wildman–Crippen LogP) is 2.42. The molecule has 2 heterocycles. The van der Waals surface area contributed by atoms with Crippen LogP contribution >= 0.6 is 0 Å². The molecule has 0 amide bonds. The van der Waals surface area contributed by atoms with Crippen molar-refractivity contribution < 1.29 is 4.39 Å². The van der Waals surface area contributed by atoms with Crippen LogP contribution in [0.15, 0.2) is 30.6 Å². The second-order valence-electron chi connectivity index (χ2n) is 4.74. The van der Waals surface area contributed by atoms with Gasteiger partial charge in [-0.2, -0.15) is 0 Å². The Balaban J connectivity index is 2.09. The Hall–Kier alpha value is -2.01. The molecule has 1 N–H and O–H groups in total. The first-order valence-corrected chi connectivity index (χ1v) is 6.86. The maximum Gasteiger partial charge on any atom is 0.146 e. The second-order valence-corrected chi connectivity index (χ2v) is 4.74. The van der Waals surface area contributed by atoms with Crippen LogP contribution in [0, 0.1) is 5.82 Å². The molecule has 0 bridgehead atoms. The molecule has 104 valence electrons. The maximum atomic E-state index is 14.0. The summed E-state index contributed by atoms with van der Waals surface area (Å²) in [5.41, 5.74) is 2.69. The molecule has 20 heavy (non-hydrogen) atoms. The van der Waals surface area contributed by atoms with Crippen molar-refractivity contribution in [3.8, 4) is 0 Å². The Morgan fingerprint density at radius 2 is 2.15 bits per heavy atom. The molecule has 4 nitrogen and oxygen atoms in total. The van der Waals surface area contributed by atoms with Crippen LogP contribution in [0.5, 0.6) is 0 Å². The van der Waals surface area contributed by atoms with E-state index < -0.39 is 0 Å². The van der Waals surface area contributed by atoms with E-state index in [2.05, 4.69) is 15.3 Å². The average Bonchev–Trinajstić information content (AvgIpc) is 2.50. The summed E-state index contributed by atoms with van der Waals surface area (Å²) >= 11 is 0. The first kappa shape index (κ1) is 13.0. The number of rotatable bonds is 3. The van der Waals surface area contributed by atoms with E-state index in [1.165, 1.54) is 6.07 Å². The number of para-hydroxylation sites is 1. The van der Waals surface area contributed by atoms with E-state index in [0.29, 0.717) is 12.2 Å². The minimum Gasteiger partial charge on any atom is -0.324 e. The fourth-order valence-corrected chi connectivity index (χ4v) is 2.59. The second kappa shape index (κ2) is 5.54. The number of anilines is 2. The molecule has 0 saturated heterocycles. The van der Waals surface area contributed by atoms with Crippen LogP contribution in [0.4, 0.5) is 15.9 Å². The van der Waals surface area contributed by atoms with Gasteiger partial charge in [-0.15, -0.1) is 0 Å². The van der Waals surface area contributed by atoms with Gasteiger partial charge in [-0.05, 0) is 19.1 Å². The molecule has 1 aromatic carbocycles. The lowest BCUT2D eigenvalue weighted by molar-refractivity contribution is 0.616. The van der Waals surface area contributed by atoms with Crippen LogP contribution in [-0.2, 0) is 13.0 Å². The van der Waals surface area contributed by atoms with Crippen LogP contribution in [0.2, 0.25) is 0 Å². The molecule has 3 rings (SSSR count). The summed E-state index contributed by atoms with van der Waals surface area (Å²) in [6.07, 6.45) is 2.46. The van der Waals surface area contributed by atoms with E-state index in [-0.39, 0.29) is 5.82 Å². The monoisotopic (exact) mass is 272 g/mol. The lowest BCUT2D eigenvalue weighted by atomic mass is 10.1. The first-order chi connectivity index (χ1) is 9.81. The number of hydrogen-bond donors (Lipinski definition) is 1. The highest BCUT2D eigenvalue weighted by Crippen LogP contribution is 2.30. The van der Waals surface area contributed by atoms with Gasteiger partial charge in [0.05, 0.1) is 11.4 Å². The Bertz CT molecular complexity index is 615. The standard InChI is InChI=1S/C15H17FN4/c1-2-20(14-6-4-3-5-12(14)16)15-11-9-17-8-7-13(11)18-10-19-15/h3-6,10,17H,2,7-9H2,1H3. The average molecular weight is 272 g/mol. The topological polar surface area (TPSA) is 41.1 Å². The highest BCUT2D eigenvalue weighted by molar-refractivity contribution is 5.64. The van der Waals surface area contributed by atoms with Gasteiger partial charge in [-0.3, -0.25) is 0 Å². The van der Waals surface area contributed by atoms with Gasteiger partial charge in [0, 0.05) is 31.6 Å². The molecular formula is C15H17FN4. The molecule has 1 aliphatic rings. The fourth-order valence-electron chi connectivity index (χ4n) is 2.59. The SMILES string of the molecule is CCN(c1ccccc1F)c1ncnc2c1CNCC2. The van der Waals surface area contributed by atoms with Gasteiger partial charge >= 0.3 is 0 Å². The highest BCUT2D eigenvalue weighted by Gasteiger charge is 2.21. The fraction of sp³-hybridized carbons (Fsp3) is 0.333. The number of halogens is 1. The molecule has 0 atom stereocenters. The Morgan fingerprint density at radius 3 is 2.95 bits per heavy atom. The summed E-state index contributed by atoms with van der Waals surface area (Å²) in [6, 6.07) is 6.80. The smallest absolute Gasteiger partial charge is 0.146 e. The lowest BCUT2D eigenvalue weighted by Crippen LogP contribution is -2.29. The number of nitrogens with zero attached hydrogens (tertiary/aromatic N) is 3. The van der Waals surface area contributed by atoms with Crippen molar-refractivity contribution >= 4 is 11.5 Å². The van der Waals surface area contributed by atoms with Gasteiger partial charge in [-0.25, -0.2) is 14.4 Å². The van der Waals surface area contributed by atoms with Gasteiger partial charge in [0.1, 0.15) is 18.0 Å². The molecule has 0 unspecified atom stereocenters. The van der Waals surface area contributed by atoms with Crippen molar-refractivity contribution in [2.24, 2.45) is 0 Å². The Labute approximate surface area is 117 Å². The van der Waals surface area contributed by atoms with E-state index in [0.717, 1.165) is 36.6 Å². The number of hydrogen-bond acceptors (Lipinski definition) is 4. The van der Waals surface area contributed by atoms with E-state index in [1.807, 2.05) is 17.9 Å². The third-order valence-electron chi connectivity index (χ3n) is 3.57. The van der Waals surface area contributed by atoms with Gasteiger partial charge in [0.15, 0.2) is 0 Å². The van der Waals surface area contributed by atoms with Crippen molar-refractivity contribution in [3.63, 3.8) is 0 Å². The quantitative estimate of drug-likeness (QED) is 0.931. The molecule has 0 aliphatic carbocycles. The minimum atomic E-state index is -0.231. The van der Waals surface area contributed by atoms with Crippen LogP contribution in [0.25, 0.3) is 0 Å². The van der Waals surface area contributed by atoms with Crippen molar-refractivity contribution in [1.82, 2.24) is 15.3 Å². The van der Waals surface area contributed by atoms with Crippen LogP contribution in [-0.4, -0.2) is 23.1 Å². The zero-order valence-corrected chi connectivity index (χ0v) is 11.4. The van der Waals surface area contributed by atoms with E-state index >= 15 is 0 Å². The third-order valence-corrected chi connectivity index (χ3v) is 3.57. The Kier molecular flexibility index (Phi) is 3.60. The van der Waals surface area contributed by atoms with E-state index in [9.17, 15) is 4.39 Å². The lowest BCUT2D eigenvalue weighted by Gasteiger charge is -2.27. The van der Waals surface area contributed by atoms with Gasteiger partial charge in [0.2, 0.25) is 0 Å². The molecule has 2 aromatic rings. The van der Waals surface area contributed by atoms with Crippen LogP contribution in [0.1, 0.15) is 18.2 Å². The zero-order chi connectivity index (χ0) is 13.9. The van der Waals surface area contributed by atoms with Crippen LogP contribution < -0.4 is 10.2 Å². The van der Waals surface area contributed by atoms with Crippen molar-refractivity contribution in [1.29, 1.82) is 0 Å². The summed E-state index contributed by atoms with van der Waals surface area (Å²) in [7, 11) is 0. The van der Waals surface area contributed by atoms with Gasteiger partial charge in [0.25, 0.3) is 0 Å². The summed E-state index contributed by atoms with van der Waals surface area (Å²) in [5, 5.41) is 3.33. The van der Waals surface area contributed by atoms with Crippen LogP contribution in [0.3, 0.4) is 0 Å². The summed E-state index contributed by atoms with van der Waals surface area (Å²) in [5.74, 6) is 0.570. The maximum absolute atomic E-state index is 14.0. The minimum absolute atomic E-state index is 0.231. The summed E-state index contributed by atoms with van der Waals surface area (Å²) < 4.78 is 14.0.